The van der Waals surface area contributed by atoms with Gasteiger partial charge in [0.25, 0.3) is 5.69 Å². The van der Waals surface area contributed by atoms with Gasteiger partial charge in [-0.05, 0) is 18.4 Å². The molecule has 1 fully saturated rings. The van der Waals surface area contributed by atoms with Crippen LogP contribution in [0.5, 0.6) is 0 Å². The molecule has 0 spiro atoms. The lowest BCUT2D eigenvalue weighted by Gasteiger charge is -2.07. The molecule has 2 N–H and O–H groups in total. The number of hydrogen-bond donors (Lipinski definition) is 1. The fraction of sp³-hybridized carbons (Fsp3) is 0.333. The summed E-state index contributed by atoms with van der Waals surface area (Å²) in [5.74, 6) is 0. The van der Waals surface area contributed by atoms with Gasteiger partial charge in [-0.3, -0.25) is 10.1 Å². The van der Waals surface area contributed by atoms with Crippen LogP contribution in [0.4, 0.5) is 5.69 Å². The first-order valence-electron chi connectivity index (χ1n) is 4.16. The molecule has 4 heteroatoms. The van der Waals surface area contributed by atoms with Crippen LogP contribution in [0.3, 0.4) is 0 Å². The highest BCUT2D eigenvalue weighted by Gasteiger charge is 2.39. The van der Waals surface area contributed by atoms with E-state index in [0.29, 0.717) is 0 Å². The van der Waals surface area contributed by atoms with E-state index in [1.807, 2.05) is 0 Å². The van der Waals surface area contributed by atoms with Crippen LogP contribution >= 0.6 is 0 Å². The Morgan fingerprint density at radius 1 is 1.31 bits per heavy atom. The van der Waals surface area contributed by atoms with Gasteiger partial charge in [-0.2, -0.15) is 0 Å². The van der Waals surface area contributed by atoms with Crippen LogP contribution in [0.15, 0.2) is 24.3 Å². The van der Waals surface area contributed by atoms with E-state index in [1.54, 1.807) is 12.1 Å². The lowest BCUT2D eigenvalue weighted by Crippen LogP contribution is -2.18. The lowest BCUT2D eigenvalue weighted by atomic mass is 10.1. The third-order valence-corrected chi connectivity index (χ3v) is 2.44. The largest absolute Gasteiger partial charge is 0.321 e. The predicted octanol–water partition coefficient (Wildman–Crippen LogP) is 1.54. The fourth-order valence-electron chi connectivity index (χ4n) is 1.34. The van der Waals surface area contributed by atoms with Gasteiger partial charge >= 0.3 is 0 Å². The van der Waals surface area contributed by atoms with Gasteiger partial charge in [0.1, 0.15) is 0 Å². The van der Waals surface area contributed by atoms with Crippen molar-refractivity contribution in [3.63, 3.8) is 0 Å². The minimum absolute atomic E-state index is 0.119. The van der Waals surface area contributed by atoms with Crippen LogP contribution in [0, 0.1) is 10.1 Å². The van der Waals surface area contributed by atoms with Crippen LogP contribution < -0.4 is 5.73 Å². The summed E-state index contributed by atoms with van der Waals surface area (Å²) in [5.41, 5.74) is 6.84. The molecule has 1 aromatic carbocycles. The molecule has 0 heterocycles. The molecular weight excluding hydrogens is 168 g/mol. The van der Waals surface area contributed by atoms with E-state index >= 15 is 0 Å². The third-order valence-electron chi connectivity index (χ3n) is 2.44. The molecule has 0 amide bonds. The first-order valence-corrected chi connectivity index (χ1v) is 4.16. The zero-order valence-corrected chi connectivity index (χ0v) is 7.06. The Balaban J connectivity index is 2.28. The van der Waals surface area contributed by atoms with Gasteiger partial charge in [-0.15, -0.1) is 0 Å². The highest BCUT2D eigenvalue weighted by atomic mass is 16.6. The number of nitrogens with zero attached hydrogens (tertiary/aromatic N) is 1. The molecule has 1 aromatic rings. The van der Waals surface area contributed by atoms with Gasteiger partial charge in [0, 0.05) is 17.7 Å². The minimum Gasteiger partial charge on any atom is -0.321 e. The first-order chi connectivity index (χ1) is 6.12. The molecule has 1 saturated carbocycles. The van der Waals surface area contributed by atoms with Crippen molar-refractivity contribution in [1.29, 1.82) is 0 Å². The van der Waals surface area contributed by atoms with Gasteiger partial charge in [-0.25, -0.2) is 0 Å². The summed E-state index contributed by atoms with van der Waals surface area (Å²) in [6, 6.07) is 6.49. The Bertz CT molecular complexity index is 341. The summed E-state index contributed by atoms with van der Waals surface area (Å²) in [5, 5.41) is 10.4. The Morgan fingerprint density at radius 2 is 1.85 bits per heavy atom. The van der Waals surface area contributed by atoms with E-state index in [0.717, 1.165) is 18.4 Å². The second-order valence-corrected chi connectivity index (χ2v) is 3.46. The number of nitrogens with two attached hydrogens (primary N) is 1. The van der Waals surface area contributed by atoms with Crippen LogP contribution in [0.25, 0.3) is 0 Å². The summed E-state index contributed by atoms with van der Waals surface area (Å²) in [7, 11) is 0. The number of hydrogen-bond acceptors (Lipinski definition) is 3. The van der Waals surface area contributed by atoms with Crippen molar-refractivity contribution < 1.29 is 4.92 Å². The van der Waals surface area contributed by atoms with Crippen molar-refractivity contribution in [3.05, 3.63) is 39.9 Å². The van der Waals surface area contributed by atoms with Crippen molar-refractivity contribution in [1.82, 2.24) is 0 Å². The van der Waals surface area contributed by atoms with Gasteiger partial charge in [0.2, 0.25) is 0 Å². The molecule has 1 aliphatic carbocycles. The summed E-state index contributed by atoms with van der Waals surface area (Å²) in [6.45, 7) is 0. The molecule has 1 aliphatic rings. The van der Waals surface area contributed by atoms with Crippen LogP contribution in [-0.4, -0.2) is 4.92 Å². The molecule has 4 nitrogen and oxygen atoms in total. The van der Waals surface area contributed by atoms with Crippen molar-refractivity contribution >= 4 is 5.69 Å². The second-order valence-electron chi connectivity index (χ2n) is 3.46. The number of rotatable bonds is 2. The second kappa shape index (κ2) is 2.53. The minimum atomic E-state index is -0.403. The molecule has 0 bridgehead atoms. The normalized spacial score (nSPS) is 18.2. The molecule has 0 aromatic heterocycles. The van der Waals surface area contributed by atoms with Gasteiger partial charge in [0.15, 0.2) is 0 Å². The lowest BCUT2D eigenvalue weighted by molar-refractivity contribution is -0.384. The van der Waals surface area contributed by atoms with Crippen molar-refractivity contribution in [2.75, 3.05) is 0 Å². The zero-order valence-electron chi connectivity index (χ0n) is 7.06. The molecule has 68 valence electrons. The molecule has 0 radical (unpaired) electrons. The van der Waals surface area contributed by atoms with Gasteiger partial charge in [0.05, 0.1) is 4.92 Å². The van der Waals surface area contributed by atoms with Crippen molar-refractivity contribution in [2.24, 2.45) is 5.73 Å². The summed E-state index contributed by atoms with van der Waals surface area (Å²) < 4.78 is 0. The van der Waals surface area contributed by atoms with Gasteiger partial charge in [-0.1, -0.05) is 12.1 Å². The maximum Gasteiger partial charge on any atom is 0.269 e. The predicted molar refractivity (Wildman–Crippen MR) is 48.2 cm³/mol. The average Bonchev–Trinajstić information content (AvgIpc) is 2.85. The monoisotopic (exact) mass is 178 g/mol. The maximum atomic E-state index is 10.4. The van der Waals surface area contributed by atoms with Gasteiger partial charge < -0.3 is 5.73 Å². The highest BCUT2D eigenvalue weighted by molar-refractivity contribution is 5.38. The number of nitro groups is 1. The van der Waals surface area contributed by atoms with E-state index in [9.17, 15) is 10.1 Å². The Labute approximate surface area is 75.5 Å². The van der Waals surface area contributed by atoms with E-state index in [2.05, 4.69) is 0 Å². The summed E-state index contributed by atoms with van der Waals surface area (Å²) >= 11 is 0. The maximum absolute atomic E-state index is 10.4. The Hall–Kier alpha value is -1.42. The quantitative estimate of drug-likeness (QED) is 0.551. The first kappa shape index (κ1) is 8.19. The van der Waals surface area contributed by atoms with E-state index in [1.165, 1.54) is 12.1 Å². The smallest absolute Gasteiger partial charge is 0.269 e. The highest BCUT2D eigenvalue weighted by Crippen LogP contribution is 2.42. The summed E-state index contributed by atoms with van der Waals surface area (Å²) in [4.78, 5) is 9.95. The molecular formula is C9H10N2O2. The van der Waals surface area contributed by atoms with Crippen molar-refractivity contribution in [3.8, 4) is 0 Å². The molecule has 0 atom stereocenters. The molecule has 2 rings (SSSR count). The average molecular weight is 178 g/mol. The standard InChI is InChI=1S/C9H10N2O2/c10-9(5-6-9)7-1-3-8(4-2-7)11(12)13/h1-4H,5-6,10H2. The fourth-order valence-corrected chi connectivity index (χ4v) is 1.34. The number of nitro benzene ring substituents is 1. The SMILES string of the molecule is NC1(c2ccc([N+](=O)[O-])cc2)CC1. The third kappa shape index (κ3) is 1.40. The van der Waals surface area contributed by atoms with Crippen LogP contribution in [0.2, 0.25) is 0 Å². The Kier molecular flexibility index (Phi) is 1.60. The molecule has 0 aliphatic heterocycles. The molecule has 0 saturated heterocycles. The summed E-state index contributed by atoms with van der Waals surface area (Å²) in [6.07, 6.45) is 1.95. The zero-order chi connectivity index (χ0) is 9.47. The molecule has 13 heavy (non-hydrogen) atoms. The number of non-ortho nitro benzene ring substituents is 1. The van der Waals surface area contributed by atoms with E-state index in [4.69, 9.17) is 5.73 Å². The van der Waals surface area contributed by atoms with E-state index in [-0.39, 0.29) is 11.2 Å². The van der Waals surface area contributed by atoms with Crippen LogP contribution in [-0.2, 0) is 5.54 Å². The Morgan fingerprint density at radius 3 is 2.23 bits per heavy atom. The van der Waals surface area contributed by atoms with Crippen molar-refractivity contribution in [2.45, 2.75) is 18.4 Å². The molecule has 0 unspecified atom stereocenters. The van der Waals surface area contributed by atoms with E-state index < -0.39 is 4.92 Å². The van der Waals surface area contributed by atoms with Crippen LogP contribution in [0.1, 0.15) is 18.4 Å². The topological polar surface area (TPSA) is 69.2 Å². The number of benzene rings is 1.